The van der Waals surface area contributed by atoms with Crippen molar-refractivity contribution >= 4 is 33.4 Å². The van der Waals surface area contributed by atoms with Crippen LogP contribution in [0.2, 0.25) is 0 Å². The maximum atomic E-state index is 11.7. The zero-order valence-electron chi connectivity index (χ0n) is 11.0. The fourth-order valence-corrected chi connectivity index (χ4v) is 2.97. The fraction of sp³-hybridized carbons (Fsp3) is 0.583. The average Bonchev–Trinajstić information content (AvgIpc) is 2.53. The second-order valence-electron chi connectivity index (χ2n) is 4.99. The Morgan fingerprint density at radius 1 is 1.61 bits per heavy atom. The van der Waals surface area contributed by atoms with Crippen LogP contribution in [-0.2, 0) is 4.74 Å². The quantitative estimate of drug-likeness (QED) is 0.890. The molecule has 6 heteroatoms. The first-order valence-corrected chi connectivity index (χ1v) is 7.29. The molecule has 0 saturated carbocycles. The van der Waals surface area contributed by atoms with Crippen LogP contribution in [0.25, 0.3) is 0 Å². The van der Waals surface area contributed by atoms with Crippen LogP contribution in [-0.4, -0.2) is 18.2 Å². The van der Waals surface area contributed by atoms with Crippen molar-refractivity contribution in [3.8, 4) is 0 Å². The van der Waals surface area contributed by atoms with E-state index < -0.39 is 11.7 Å². The van der Waals surface area contributed by atoms with Crippen molar-refractivity contribution in [1.29, 1.82) is 0 Å². The molecule has 0 fully saturated rings. The van der Waals surface area contributed by atoms with E-state index in [9.17, 15) is 4.79 Å². The second-order valence-corrected chi connectivity index (χ2v) is 7.13. The number of nitrogens with two attached hydrogens (primary N) is 1. The molecule has 4 nitrogen and oxygen atoms in total. The summed E-state index contributed by atoms with van der Waals surface area (Å²) in [6, 6.07) is 1.77. The van der Waals surface area contributed by atoms with Gasteiger partial charge in [0, 0.05) is 20.8 Å². The molecule has 1 atom stereocenters. The molecule has 0 aliphatic rings. The minimum absolute atomic E-state index is 0.213. The topological polar surface area (TPSA) is 64.3 Å². The van der Waals surface area contributed by atoms with E-state index in [4.69, 9.17) is 10.5 Å². The third kappa shape index (κ3) is 4.59. The number of halogens is 1. The lowest BCUT2D eigenvalue weighted by Crippen LogP contribution is -2.37. The summed E-state index contributed by atoms with van der Waals surface area (Å²) in [5, 5.41) is 2.78. The monoisotopic (exact) mass is 334 g/mol. The molecule has 1 aromatic heterocycles. The van der Waals surface area contributed by atoms with Crippen molar-refractivity contribution in [1.82, 2.24) is 5.32 Å². The van der Waals surface area contributed by atoms with Gasteiger partial charge in [0.2, 0.25) is 0 Å². The first kappa shape index (κ1) is 15.5. The Labute approximate surface area is 120 Å². The largest absolute Gasteiger partial charge is 0.444 e. The number of aryl methyl sites for hydroxylation is 1. The highest BCUT2D eigenvalue weighted by Gasteiger charge is 2.21. The van der Waals surface area contributed by atoms with Crippen LogP contribution in [0.4, 0.5) is 4.79 Å². The number of hydrogen-bond donors (Lipinski definition) is 2. The van der Waals surface area contributed by atoms with Crippen LogP contribution >= 0.6 is 27.3 Å². The van der Waals surface area contributed by atoms with Gasteiger partial charge in [-0.1, -0.05) is 0 Å². The fourth-order valence-electron chi connectivity index (χ4n) is 1.35. The number of thiophene rings is 1. The number of carbonyl (C=O) groups is 1. The first-order valence-electron chi connectivity index (χ1n) is 5.68. The lowest BCUT2D eigenvalue weighted by molar-refractivity contribution is 0.0506. The molecular weight excluding hydrogens is 316 g/mol. The molecule has 1 aromatic rings. The van der Waals surface area contributed by atoms with Gasteiger partial charge in [0.25, 0.3) is 0 Å². The third-order valence-electron chi connectivity index (χ3n) is 2.15. The average molecular weight is 335 g/mol. The lowest BCUT2D eigenvalue weighted by Gasteiger charge is -2.22. The molecule has 1 heterocycles. The Morgan fingerprint density at radius 2 is 2.22 bits per heavy atom. The summed E-state index contributed by atoms with van der Waals surface area (Å²) >= 11 is 5.06. The number of ether oxygens (including phenoxy) is 1. The highest BCUT2D eigenvalue weighted by molar-refractivity contribution is 9.10. The summed E-state index contributed by atoms with van der Waals surface area (Å²) in [5.41, 5.74) is 5.19. The van der Waals surface area contributed by atoms with Gasteiger partial charge >= 0.3 is 6.09 Å². The van der Waals surface area contributed by atoms with E-state index in [-0.39, 0.29) is 6.04 Å². The normalized spacial score (nSPS) is 13.2. The number of carbonyl (C=O) groups excluding carboxylic acids is 1. The molecule has 0 aromatic carbocycles. The third-order valence-corrected chi connectivity index (χ3v) is 4.40. The van der Waals surface area contributed by atoms with E-state index >= 15 is 0 Å². The Bertz CT molecular complexity index is 407. The van der Waals surface area contributed by atoms with E-state index in [0.29, 0.717) is 6.54 Å². The zero-order chi connectivity index (χ0) is 13.9. The number of rotatable bonds is 3. The second kappa shape index (κ2) is 6.04. The molecule has 1 amide bonds. The number of nitrogens with one attached hydrogen (secondary N) is 1. The van der Waals surface area contributed by atoms with Gasteiger partial charge in [-0.05, 0) is 49.7 Å². The van der Waals surface area contributed by atoms with Gasteiger partial charge in [-0.3, -0.25) is 0 Å². The summed E-state index contributed by atoms with van der Waals surface area (Å²) in [6.07, 6.45) is -0.444. The molecular formula is C12H19BrN2O2S. The highest BCUT2D eigenvalue weighted by atomic mass is 79.9. The van der Waals surface area contributed by atoms with Crippen molar-refractivity contribution in [2.24, 2.45) is 5.73 Å². The summed E-state index contributed by atoms with van der Waals surface area (Å²) < 4.78 is 6.25. The van der Waals surface area contributed by atoms with E-state index in [1.54, 1.807) is 11.3 Å². The molecule has 102 valence electrons. The molecule has 1 rings (SSSR count). The van der Waals surface area contributed by atoms with Gasteiger partial charge in [0.1, 0.15) is 5.60 Å². The molecule has 0 aliphatic heterocycles. The Kier molecular flexibility index (Phi) is 5.19. The van der Waals surface area contributed by atoms with Gasteiger partial charge in [0.05, 0.1) is 6.04 Å². The molecule has 1 unspecified atom stereocenters. The maximum Gasteiger partial charge on any atom is 0.408 e. The van der Waals surface area contributed by atoms with Crippen molar-refractivity contribution in [2.75, 3.05) is 6.54 Å². The minimum Gasteiger partial charge on any atom is -0.444 e. The van der Waals surface area contributed by atoms with E-state index in [0.717, 1.165) is 14.2 Å². The van der Waals surface area contributed by atoms with Crippen molar-refractivity contribution in [3.05, 3.63) is 20.3 Å². The standard InChI is InChI=1S/C12H19BrN2O2S/c1-7-8(13)5-10(18-7)9(6-14)15-11(16)17-12(2,3)4/h5,9H,6,14H2,1-4H3,(H,15,16). The number of hydrogen-bond acceptors (Lipinski definition) is 4. The van der Waals surface area contributed by atoms with Gasteiger partial charge < -0.3 is 15.8 Å². The molecule has 0 spiro atoms. The van der Waals surface area contributed by atoms with E-state index in [1.165, 1.54) is 0 Å². The summed E-state index contributed by atoms with van der Waals surface area (Å²) in [6.45, 7) is 7.84. The minimum atomic E-state index is -0.505. The van der Waals surface area contributed by atoms with Crippen molar-refractivity contribution in [3.63, 3.8) is 0 Å². The van der Waals surface area contributed by atoms with Gasteiger partial charge in [-0.15, -0.1) is 11.3 Å². The molecule has 18 heavy (non-hydrogen) atoms. The van der Waals surface area contributed by atoms with Crippen LogP contribution in [0.3, 0.4) is 0 Å². The summed E-state index contributed by atoms with van der Waals surface area (Å²) in [5.74, 6) is 0. The van der Waals surface area contributed by atoms with E-state index in [2.05, 4.69) is 21.2 Å². The van der Waals surface area contributed by atoms with Crippen LogP contribution in [0.5, 0.6) is 0 Å². The Balaban J connectivity index is 2.71. The Morgan fingerprint density at radius 3 is 2.61 bits per heavy atom. The predicted molar refractivity (Wildman–Crippen MR) is 77.9 cm³/mol. The Hall–Kier alpha value is -0.590. The van der Waals surface area contributed by atoms with Gasteiger partial charge in [-0.2, -0.15) is 0 Å². The SMILES string of the molecule is Cc1sc(C(CN)NC(=O)OC(C)(C)C)cc1Br. The molecule has 3 N–H and O–H groups in total. The number of alkyl carbamates (subject to hydrolysis) is 1. The molecule has 0 saturated heterocycles. The lowest BCUT2D eigenvalue weighted by atomic mass is 10.2. The molecule has 0 aliphatic carbocycles. The van der Waals surface area contributed by atoms with Crippen LogP contribution in [0.15, 0.2) is 10.5 Å². The maximum absolute atomic E-state index is 11.7. The predicted octanol–water partition coefficient (Wildman–Crippen LogP) is 3.34. The highest BCUT2D eigenvalue weighted by Crippen LogP contribution is 2.30. The van der Waals surface area contributed by atoms with E-state index in [1.807, 2.05) is 33.8 Å². The zero-order valence-corrected chi connectivity index (χ0v) is 13.4. The molecule has 0 radical (unpaired) electrons. The van der Waals surface area contributed by atoms with Crippen LogP contribution < -0.4 is 11.1 Å². The van der Waals surface area contributed by atoms with Crippen molar-refractivity contribution < 1.29 is 9.53 Å². The summed E-state index contributed by atoms with van der Waals surface area (Å²) in [7, 11) is 0. The number of amides is 1. The summed E-state index contributed by atoms with van der Waals surface area (Å²) in [4.78, 5) is 13.9. The van der Waals surface area contributed by atoms with Gasteiger partial charge in [0.15, 0.2) is 0 Å². The molecule has 0 bridgehead atoms. The van der Waals surface area contributed by atoms with Crippen LogP contribution in [0, 0.1) is 6.92 Å². The van der Waals surface area contributed by atoms with Gasteiger partial charge in [-0.25, -0.2) is 4.79 Å². The first-order chi connectivity index (χ1) is 8.23. The smallest absolute Gasteiger partial charge is 0.408 e. The van der Waals surface area contributed by atoms with Crippen molar-refractivity contribution in [2.45, 2.75) is 39.3 Å². The van der Waals surface area contributed by atoms with Crippen LogP contribution in [0.1, 0.15) is 36.6 Å².